The molecule has 0 spiro atoms. The Bertz CT molecular complexity index is 551. The van der Waals surface area contributed by atoms with Crippen molar-refractivity contribution in [3.8, 4) is 0 Å². The lowest BCUT2D eigenvalue weighted by Crippen LogP contribution is -2.26. The first-order valence-electron chi connectivity index (χ1n) is 6.88. The van der Waals surface area contributed by atoms with Crippen LogP contribution in [0.25, 0.3) is 0 Å². The molecule has 1 aromatic rings. The highest BCUT2D eigenvalue weighted by atomic mass is 32.2. The molecular formula is C15H23NO2S. The van der Waals surface area contributed by atoms with Gasteiger partial charge in [0.1, 0.15) is 0 Å². The predicted molar refractivity (Wildman–Crippen MR) is 79.1 cm³/mol. The molecule has 1 aliphatic rings. The fraction of sp³-hybridized carbons (Fsp3) is 0.600. The number of sulfone groups is 1. The Balaban J connectivity index is 1.94. The lowest BCUT2D eigenvalue weighted by molar-refractivity contribution is 0.475. The van der Waals surface area contributed by atoms with Gasteiger partial charge >= 0.3 is 0 Å². The van der Waals surface area contributed by atoms with Gasteiger partial charge in [-0.15, -0.1) is 0 Å². The summed E-state index contributed by atoms with van der Waals surface area (Å²) in [7, 11) is -2.76. The second kappa shape index (κ2) is 5.63. The molecule has 1 aliphatic heterocycles. The van der Waals surface area contributed by atoms with E-state index in [1.807, 2.05) is 0 Å². The maximum Gasteiger partial charge on any atom is 0.150 e. The van der Waals surface area contributed by atoms with E-state index in [4.69, 9.17) is 0 Å². The fourth-order valence-electron chi connectivity index (χ4n) is 2.71. The lowest BCUT2D eigenvalue weighted by atomic mass is 9.99. The molecule has 2 unspecified atom stereocenters. The predicted octanol–water partition coefficient (Wildman–Crippen LogP) is 2.39. The van der Waals surface area contributed by atoms with Gasteiger partial charge in [-0.25, -0.2) is 8.42 Å². The van der Waals surface area contributed by atoms with Gasteiger partial charge in [0.05, 0.1) is 11.5 Å². The molecule has 0 aliphatic carbocycles. The van der Waals surface area contributed by atoms with Crippen LogP contribution >= 0.6 is 0 Å². The van der Waals surface area contributed by atoms with Gasteiger partial charge in [0.25, 0.3) is 0 Å². The summed E-state index contributed by atoms with van der Waals surface area (Å²) in [6.07, 6.45) is 0.800. The van der Waals surface area contributed by atoms with Gasteiger partial charge in [-0.05, 0) is 50.8 Å². The van der Waals surface area contributed by atoms with Crippen molar-refractivity contribution >= 4 is 9.84 Å². The molecule has 1 fully saturated rings. The van der Waals surface area contributed by atoms with Gasteiger partial charge in [-0.3, -0.25) is 0 Å². The number of nitrogens with one attached hydrogen (secondary N) is 1. The summed E-state index contributed by atoms with van der Waals surface area (Å²) in [5.74, 6) is 0.981. The summed E-state index contributed by atoms with van der Waals surface area (Å²) in [6.45, 7) is 7.14. The largest absolute Gasteiger partial charge is 0.310 e. The fourth-order valence-corrected chi connectivity index (χ4v) is 4.57. The van der Waals surface area contributed by atoms with Gasteiger partial charge in [-0.2, -0.15) is 0 Å². The summed E-state index contributed by atoms with van der Waals surface area (Å²) in [6, 6.07) is 6.74. The van der Waals surface area contributed by atoms with E-state index < -0.39 is 9.84 Å². The summed E-state index contributed by atoms with van der Waals surface area (Å²) in [5, 5.41) is 3.48. The molecule has 0 aromatic heterocycles. The lowest BCUT2D eigenvalue weighted by Gasteiger charge is -2.19. The Morgan fingerprint density at radius 3 is 2.74 bits per heavy atom. The maximum absolute atomic E-state index is 11.4. The van der Waals surface area contributed by atoms with Gasteiger partial charge in [0.15, 0.2) is 9.84 Å². The van der Waals surface area contributed by atoms with Gasteiger partial charge < -0.3 is 5.32 Å². The molecule has 1 heterocycles. The highest BCUT2D eigenvalue weighted by Crippen LogP contribution is 2.21. The van der Waals surface area contributed by atoms with Crippen molar-refractivity contribution in [1.82, 2.24) is 5.32 Å². The number of hydrogen-bond donors (Lipinski definition) is 1. The van der Waals surface area contributed by atoms with Crippen LogP contribution in [0.2, 0.25) is 0 Å². The Morgan fingerprint density at radius 1 is 1.37 bits per heavy atom. The van der Waals surface area contributed by atoms with E-state index in [1.54, 1.807) is 0 Å². The summed E-state index contributed by atoms with van der Waals surface area (Å²) in [5.41, 5.74) is 3.85. The van der Waals surface area contributed by atoms with Crippen molar-refractivity contribution in [2.75, 3.05) is 18.1 Å². The van der Waals surface area contributed by atoms with Crippen molar-refractivity contribution in [2.45, 2.75) is 33.2 Å². The van der Waals surface area contributed by atoms with E-state index in [-0.39, 0.29) is 12.0 Å². The number of hydrogen-bond acceptors (Lipinski definition) is 3. The minimum atomic E-state index is -2.76. The van der Waals surface area contributed by atoms with Crippen LogP contribution in [0.3, 0.4) is 0 Å². The van der Waals surface area contributed by atoms with Crippen molar-refractivity contribution < 1.29 is 8.42 Å². The molecule has 2 rings (SSSR count). The summed E-state index contributed by atoms with van der Waals surface area (Å²) >= 11 is 0. The van der Waals surface area contributed by atoms with E-state index in [9.17, 15) is 8.42 Å². The first-order valence-corrected chi connectivity index (χ1v) is 8.70. The number of rotatable bonds is 4. The standard InChI is InChI=1S/C15H23NO2S/c1-11-4-5-12(2)15(8-11)13(3)16-9-14-6-7-19(17,18)10-14/h4-5,8,13-14,16H,6-7,9-10H2,1-3H3. The van der Waals surface area contributed by atoms with Crippen LogP contribution in [0, 0.1) is 19.8 Å². The SMILES string of the molecule is Cc1ccc(C)c(C(C)NCC2CCS(=O)(=O)C2)c1. The molecule has 106 valence electrons. The number of benzene rings is 1. The Hall–Kier alpha value is -0.870. The molecule has 0 radical (unpaired) electrons. The molecule has 0 saturated carbocycles. The van der Waals surface area contributed by atoms with Gasteiger partial charge in [0, 0.05) is 6.04 Å². The van der Waals surface area contributed by atoms with Gasteiger partial charge in [0.2, 0.25) is 0 Å². The second-order valence-corrected chi connectivity index (χ2v) is 7.99. The first kappa shape index (κ1) is 14.5. The van der Waals surface area contributed by atoms with Crippen molar-refractivity contribution in [2.24, 2.45) is 5.92 Å². The third kappa shape index (κ3) is 3.80. The molecule has 1 aromatic carbocycles. The third-order valence-electron chi connectivity index (χ3n) is 3.94. The average Bonchev–Trinajstić information content (AvgIpc) is 2.69. The molecule has 0 amide bonds. The summed E-state index contributed by atoms with van der Waals surface area (Å²) < 4.78 is 22.9. The zero-order valence-electron chi connectivity index (χ0n) is 11.9. The molecule has 1 saturated heterocycles. The van der Waals surface area contributed by atoms with Crippen LogP contribution in [0.1, 0.15) is 36.1 Å². The van der Waals surface area contributed by atoms with Crippen molar-refractivity contribution in [3.05, 3.63) is 34.9 Å². The summed E-state index contributed by atoms with van der Waals surface area (Å²) in [4.78, 5) is 0. The van der Waals surface area contributed by atoms with Crippen LogP contribution in [0.4, 0.5) is 0 Å². The third-order valence-corrected chi connectivity index (χ3v) is 5.78. The van der Waals surface area contributed by atoms with Crippen molar-refractivity contribution in [1.29, 1.82) is 0 Å². The van der Waals surface area contributed by atoms with E-state index in [1.165, 1.54) is 16.7 Å². The Morgan fingerprint density at radius 2 is 2.11 bits per heavy atom. The maximum atomic E-state index is 11.4. The Labute approximate surface area is 116 Å². The second-order valence-electron chi connectivity index (χ2n) is 5.76. The zero-order chi connectivity index (χ0) is 14.0. The highest BCUT2D eigenvalue weighted by molar-refractivity contribution is 7.91. The minimum Gasteiger partial charge on any atom is -0.310 e. The van der Waals surface area contributed by atoms with Gasteiger partial charge in [-0.1, -0.05) is 23.8 Å². The van der Waals surface area contributed by atoms with Crippen LogP contribution in [0.5, 0.6) is 0 Å². The van der Waals surface area contributed by atoms with Crippen LogP contribution < -0.4 is 5.32 Å². The smallest absolute Gasteiger partial charge is 0.150 e. The highest BCUT2D eigenvalue weighted by Gasteiger charge is 2.27. The van der Waals surface area contributed by atoms with Crippen molar-refractivity contribution in [3.63, 3.8) is 0 Å². The monoisotopic (exact) mass is 281 g/mol. The molecule has 3 nitrogen and oxygen atoms in total. The van der Waals surface area contributed by atoms with E-state index in [0.717, 1.165) is 13.0 Å². The number of aryl methyl sites for hydroxylation is 2. The van der Waals surface area contributed by atoms with Crippen LogP contribution in [-0.4, -0.2) is 26.5 Å². The Kier molecular flexibility index (Phi) is 4.31. The van der Waals surface area contributed by atoms with Crippen LogP contribution in [-0.2, 0) is 9.84 Å². The topological polar surface area (TPSA) is 46.2 Å². The van der Waals surface area contributed by atoms with Crippen LogP contribution in [0.15, 0.2) is 18.2 Å². The molecule has 19 heavy (non-hydrogen) atoms. The van der Waals surface area contributed by atoms with E-state index in [0.29, 0.717) is 11.5 Å². The quantitative estimate of drug-likeness (QED) is 0.921. The zero-order valence-corrected chi connectivity index (χ0v) is 12.8. The molecule has 1 N–H and O–H groups in total. The molecule has 0 bridgehead atoms. The molecular weight excluding hydrogens is 258 g/mol. The molecule has 4 heteroatoms. The molecule has 2 atom stereocenters. The van der Waals surface area contributed by atoms with E-state index >= 15 is 0 Å². The van der Waals surface area contributed by atoms with E-state index in [2.05, 4.69) is 44.3 Å². The first-order chi connectivity index (χ1) is 8.87. The minimum absolute atomic E-state index is 0.267. The normalized spacial score (nSPS) is 23.4. The average molecular weight is 281 g/mol.